The van der Waals surface area contributed by atoms with Crippen molar-refractivity contribution in [1.29, 1.82) is 0 Å². The van der Waals surface area contributed by atoms with E-state index in [-0.39, 0.29) is 6.29 Å². The molecule has 0 unspecified atom stereocenters. The molecule has 0 bridgehead atoms. The third-order valence-electron chi connectivity index (χ3n) is 2.46. The number of aliphatic hydroxyl groups excluding tert-OH is 9. The van der Waals surface area contributed by atoms with Gasteiger partial charge in [0.15, 0.2) is 12.1 Å². The number of rotatable bonds is 9. The van der Waals surface area contributed by atoms with Crippen LogP contribution in [0.15, 0.2) is 0 Å². The summed E-state index contributed by atoms with van der Waals surface area (Å²) in [6.45, 7) is -2.38. The van der Waals surface area contributed by atoms with Gasteiger partial charge < -0.3 is 50.8 Å². The average Bonchev–Trinajstić information content (AvgIpc) is 2.56. The molecule has 132 valence electrons. The standard InChI is InChI=1S/C6H12O6.C5H10O5/c7-1-3(9)5(11)6(12)4(10)2-8;6-1-3(8)5(10)4(9)2-7/h3,5-9,11-12H,1-2H2;1,3-5,7-10H,2H2/t3-,5-,6-;3-,4-,5+/m10/s1. The molecule has 11 nitrogen and oxygen atoms in total. The fraction of sp³-hybridized carbons (Fsp3) is 0.818. The molecule has 9 N–H and O–H groups in total. The summed E-state index contributed by atoms with van der Waals surface area (Å²) in [6.07, 6.45) is -9.85. The van der Waals surface area contributed by atoms with Crippen molar-refractivity contribution in [2.24, 2.45) is 0 Å². The Morgan fingerprint density at radius 2 is 1.23 bits per heavy atom. The number of hydrogen-bond donors (Lipinski definition) is 9. The van der Waals surface area contributed by atoms with Gasteiger partial charge in [0.2, 0.25) is 0 Å². The van der Waals surface area contributed by atoms with Crippen molar-refractivity contribution >= 4 is 12.1 Å². The summed E-state index contributed by atoms with van der Waals surface area (Å²) in [5.74, 6) is -1.00. The van der Waals surface area contributed by atoms with Gasteiger partial charge in [-0.3, -0.25) is 4.79 Å². The van der Waals surface area contributed by atoms with Crippen molar-refractivity contribution < 1.29 is 55.5 Å². The molecule has 0 radical (unpaired) electrons. The third kappa shape index (κ3) is 8.43. The van der Waals surface area contributed by atoms with E-state index in [2.05, 4.69) is 0 Å². The zero-order chi connectivity index (χ0) is 17.9. The predicted molar refractivity (Wildman–Crippen MR) is 68.4 cm³/mol. The molecule has 0 saturated heterocycles. The largest absolute Gasteiger partial charge is 0.394 e. The number of ketones is 1. The predicted octanol–water partition coefficient (Wildman–Crippen LogP) is -6.12. The summed E-state index contributed by atoms with van der Waals surface area (Å²) < 4.78 is 0. The SMILES string of the molecule is O=C(CO)[C@@H](O)[C@H](O)[C@H](O)CO.O=C[C@H](O)[C@@H](O)[C@@H](O)CO. The Morgan fingerprint density at radius 1 is 0.818 bits per heavy atom. The lowest BCUT2D eigenvalue weighted by Crippen LogP contribution is -2.44. The highest BCUT2D eigenvalue weighted by Gasteiger charge is 2.28. The van der Waals surface area contributed by atoms with E-state index < -0.39 is 62.2 Å². The van der Waals surface area contributed by atoms with Crippen LogP contribution in [0.2, 0.25) is 0 Å². The van der Waals surface area contributed by atoms with Gasteiger partial charge in [-0.2, -0.15) is 0 Å². The Hall–Kier alpha value is -1.02. The van der Waals surface area contributed by atoms with E-state index in [0.29, 0.717) is 0 Å². The summed E-state index contributed by atoms with van der Waals surface area (Å²) >= 11 is 0. The van der Waals surface area contributed by atoms with Crippen molar-refractivity contribution in [3.63, 3.8) is 0 Å². The molecular formula is C11H22O11. The number of carbonyl (C=O) groups is 2. The van der Waals surface area contributed by atoms with Crippen molar-refractivity contribution in [3.05, 3.63) is 0 Å². The van der Waals surface area contributed by atoms with Gasteiger partial charge in [0.05, 0.1) is 13.2 Å². The van der Waals surface area contributed by atoms with E-state index in [9.17, 15) is 9.59 Å². The molecule has 0 aromatic rings. The zero-order valence-corrected chi connectivity index (χ0v) is 11.5. The summed E-state index contributed by atoms with van der Waals surface area (Å²) in [4.78, 5) is 20.3. The molecule has 0 amide bonds. The Morgan fingerprint density at radius 3 is 1.55 bits per heavy atom. The first-order valence-corrected chi connectivity index (χ1v) is 6.06. The van der Waals surface area contributed by atoms with Crippen LogP contribution in [0.1, 0.15) is 0 Å². The quantitative estimate of drug-likeness (QED) is 0.181. The van der Waals surface area contributed by atoms with E-state index in [1.54, 1.807) is 0 Å². The van der Waals surface area contributed by atoms with E-state index in [4.69, 9.17) is 46.0 Å². The van der Waals surface area contributed by atoms with Crippen molar-refractivity contribution in [3.8, 4) is 0 Å². The highest BCUT2D eigenvalue weighted by atomic mass is 16.4. The van der Waals surface area contributed by atoms with E-state index in [0.717, 1.165) is 0 Å². The second-order valence-electron chi connectivity index (χ2n) is 4.18. The second kappa shape index (κ2) is 12.5. The zero-order valence-electron chi connectivity index (χ0n) is 11.5. The topological polar surface area (TPSA) is 216 Å². The lowest BCUT2D eigenvalue weighted by molar-refractivity contribution is -0.142. The molecule has 0 saturated carbocycles. The molecular weight excluding hydrogens is 308 g/mol. The number of Topliss-reactive ketones (excluding diaryl/α,β-unsaturated/α-hetero) is 1. The van der Waals surface area contributed by atoms with Crippen LogP contribution in [-0.4, -0.2) is 114 Å². The number of hydrogen-bond acceptors (Lipinski definition) is 11. The van der Waals surface area contributed by atoms with Crippen molar-refractivity contribution in [1.82, 2.24) is 0 Å². The molecule has 11 heteroatoms. The number of carbonyl (C=O) groups excluding carboxylic acids is 2. The van der Waals surface area contributed by atoms with Crippen LogP contribution in [-0.2, 0) is 9.59 Å². The highest BCUT2D eigenvalue weighted by molar-refractivity contribution is 5.84. The van der Waals surface area contributed by atoms with Crippen LogP contribution in [0.3, 0.4) is 0 Å². The van der Waals surface area contributed by atoms with Gasteiger partial charge in [0.25, 0.3) is 0 Å². The minimum atomic E-state index is -1.86. The fourth-order valence-corrected chi connectivity index (χ4v) is 1.02. The lowest BCUT2D eigenvalue weighted by atomic mass is 10.1. The Kier molecular flexibility index (Phi) is 13.2. The molecule has 0 heterocycles. The van der Waals surface area contributed by atoms with Gasteiger partial charge in [-0.25, -0.2) is 0 Å². The molecule has 0 aliphatic carbocycles. The maximum absolute atomic E-state index is 10.5. The minimum Gasteiger partial charge on any atom is -0.394 e. The van der Waals surface area contributed by atoms with Crippen molar-refractivity contribution in [2.75, 3.05) is 19.8 Å². The Bertz CT molecular complexity index is 310. The molecule has 0 aliphatic heterocycles. The maximum atomic E-state index is 10.5. The van der Waals surface area contributed by atoms with Gasteiger partial charge in [0, 0.05) is 0 Å². The van der Waals surface area contributed by atoms with Crippen LogP contribution in [0, 0.1) is 0 Å². The molecule has 0 aromatic carbocycles. The van der Waals surface area contributed by atoms with Gasteiger partial charge >= 0.3 is 0 Å². The van der Waals surface area contributed by atoms with E-state index in [1.807, 2.05) is 0 Å². The first-order valence-electron chi connectivity index (χ1n) is 6.06. The highest BCUT2D eigenvalue weighted by Crippen LogP contribution is 2.00. The Labute approximate surface area is 125 Å². The molecule has 0 aliphatic rings. The minimum absolute atomic E-state index is 0.0869. The maximum Gasteiger partial charge on any atom is 0.189 e. The molecule has 6 atom stereocenters. The van der Waals surface area contributed by atoms with E-state index in [1.165, 1.54) is 0 Å². The first-order chi connectivity index (χ1) is 10.2. The second-order valence-corrected chi connectivity index (χ2v) is 4.18. The summed E-state index contributed by atoms with van der Waals surface area (Å²) in [5.41, 5.74) is 0. The third-order valence-corrected chi connectivity index (χ3v) is 2.46. The molecule has 22 heavy (non-hydrogen) atoms. The molecule has 0 aromatic heterocycles. The first kappa shape index (κ1) is 23.2. The summed E-state index contributed by atoms with van der Waals surface area (Å²) in [6, 6.07) is 0. The summed E-state index contributed by atoms with van der Waals surface area (Å²) in [5, 5.41) is 77.1. The van der Waals surface area contributed by atoms with E-state index >= 15 is 0 Å². The smallest absolute Gasteiger partial charge is 0.189 e. The Balaban J connectivity index is 0. The number of aliphatic hydroxyl groups is 9. The van der Waals surface area contributed by atoms with Gasteiger partial charge in [-0.15, -0.1) is 0 Å². The number of aldehydes is 1. The average molecular weight is 330 g/mol. The summed E-state index contributed by atoms with van der Waals surface area (Å²) in [7, 11) is 0. The fourth-order valence-electron chi connectivity index (χ4n) is 1.02. The van der Waals surface area contributed by atoms with Crippen LogP contribution in [0.5, 0.6) is 0 Å². The van der Waals surface area contributed by atoms with Crippen LogP contribution >= 0.6 is 0 Å². The monoisotopic (exact) mass is 330 g/mol. The molecule has 0 fully saturated rings. The molecule has 0 rings (SSSR count). The normalized spacial score (nSPS) is 19.0. The van der Waals surface area contributed by atoms with Gasteiger partial charge in [-0.05, 0) is 0 Å². The molecule has 0 spiro atoms. The van der Waals surface area contributed by atoms with Gasteiger partial charge in [-0.1, -0.05) is 0 Å². The van der Waals surface area contributed by atoms with Gasteiger partial charge in [0.1, 0.15) is 43.2 Å². The lowest BCUT2D eigenvalue weighted by Gasteiger charge is -2.19. The van der Waals surface area contributed by atoms with Crippen LogP contribution in [0.4, 0.5) is 0 Å². The van der Waals surface area contributed by atoms with Crippen LogP contribution < -0.4 is 0 Å². The van der Waals surface area contributed by atoms with Crippen LogP contribution in [0.25, 0.3) is 0 Å². The van der Waals surface area contributed by atoms with Crippen molar-refractivity contribution in [2.45, 2.75) is 36.6 Å².